The molecule has 0 radical (unpaired) electrons. The van der Waals surface area contributed by atoms with Gasteiger partial charge in [-0.3, -0.25) is 0 Å². The summed E-state index contributed by atoms with van der Waals surface area (Å²) in [5.41, 5.74) is 4.96. The van der Waals surface area contributed by atoms with Crippen LogP contribution in [0, 0.1) is 0 Å². The zero-order valence-corrected chi connectivity index (χ0v) is 16.8. The molecule has 0 unspecified atom stereocenters. The summed E-state index contributed by atoms with van der Waals surface area (Å²) in [4.78, 5) is 1.21. The van der Waals surface area contributed by atoms with Crippen molar-refractivity contribution in [2.45, 2.75) is 11.3 Å². The lowest BCUT2D eigenvalue weighted by Crippen LogP contribution is -1.95. The van der Waals surface area contributed by atoms with Crippen LogP contribution in [-0.4, -0.2) is 20.5 Å². The van der Waals surface area contributed by atoms with Crippen LogP contribution in [0.3, 0.4) is 0 Å². The Labute approximate surface area is 165 Å². The molecule has 3 aromatic carbocycles. The number of rotatable bonds is 7. The molecule has 0 aliphatic rings. The molecule has 0 amide bonds. The van der Waals surface area contributed by atoms with Crippen LogP contribution in [0.4, 0.5) is 0 Å². The van der Waals surface area contributed by atoms with Crippen molar-refractivity contribution in [2.24, 2.45) is 0 Å². The van der Waals surface area contributed by atoms with Crippen LogP contribution in [0.5, 0.6) is 11.5 Å². The quantitative estimate of drug-likeness (QED) is 0.361. The minimum Gasteiger partial charge on any atom is -0.497 e. The van der Waals surface area contributed by atoms with E-state index in [2.05, 4.69) is 66.9 Å². The SMILES string of the molecule is COc1ccc(C=C(Cc2ccccc2)c2ccc(OC)cc2SC)cc1. The minimum absolute atomic E-state index is 0.867. The Morgan fingerprint density at radius 1 is 0.852 bits per heavy atom. The van der Waals surface area contributed by atoms with Crippen molar-refractivity contribution in [1.29, 1.82) is 0 Å². The van der Waals surface area contributed by atoms with Gasteiger partial charge in [-0.25, -0.2) is 0 Å². The predicted octanol–water partition coefficient (Wildman–Crippen LogP) is 6.21. The van der Waals surface area contributed by atoms with Crippen molar-refractivity contribution in [2.75, 3.05) is 20.5 Å². The molecule has 0 atom stereocenters. The summed E-state index contributed by atoms with van der Waals surface area (Å²) in [7, 11) is 3.39. The third kappa shape index (κ3) is 4.95. The number of hydrogen-bond donors (Lipinski definition) is 0. The number of benzene rings is 3. The van der Waals surface area contributed by atoms with Crippen LogP contribution in [0.1, 0.15) is 16.7 Å². The van der Waals surface area contributed by atoms with Crippen LogP contribution >= 0.6 is 11.8 Å². The van der Waals surface area contributed by atoms with Gasteiger partial charge in [-0.2, -0.15) is 0 Å². The lowest BCUT2D eigenvalue weighted by molar-refractivity contribution is 0.413. The van der Waals surface area contributed by atoms with Crippen LogP contribution in [0.2, 0.25) is 0 Å². The Morgan fingerprint density at radius 2 is 1.52 bits per heavy atom. The summed E-state index contributed by atoms with van der Waals surface area (Å²) in [6, 6.07) is 25.0. The molecule has 138 valence electrons. The van der Waals surface area contributed by atoms with E-state index in [-0.39, 0.29) is 0 Å². The highest BCUT2D eigenvalue weighted by Crippen LogP contribution is 2.33. The van der Waals surface area contributed by atoms with Crippen LogP contribution in [-0.2, 0) is 6.42 Å². The zero-order valence-electron chi connectivity index (χ0n) is 15.9. The molecule has 0 saturated carbocycles. The van der Waals surface area contributed by atoms with Crippen molar-refractivity contribution < 1.29 is 9.47 Å². The summed E-state index contributed by atoms with van der Waals surface area (Å²) in [6.07, 6.45) is 5.23. The molecule has 27 heavy (non-hydrogen) atoms. The first-order chi connectivity index (χ1) is 13.2. The Morgan fingerprint density at radius 3 is 2.15 bits per heavy atom. The van der Waals surface area contributed by atoms with E-state index in [0.29, 0.717) is 0 Å². The first-order valence-electron chi connectivity index (χ1n) is 8.84. The van der Waals surface area contributed by atoms with Crippen molar-refractivity contribution >= 4 is 23.4 Å². The first-order valence-corrected chi connectivity index (χ1v) is 10.1. The van der Waals surface area contributed by atoms with Gasteiger partial charge in [-0.05, 0) is 65.3 Å². The van der Waals surface area contributed by atoms with E-state index >= 15 is 0 Å². The Hall–Kier alpha value is -2.65. The summed E-state index contributed by atoms with van der Waals surface area (Å²) in [6.45, 7) is 0. The van der Waals surface area contributed by atoms with Gasteiger partial charge in [0.05, 0.1) is 14.2 Å². The lowest BCUT2D eigenvalue weighted by Gasteiger charge is -2.14. The summed E-state index contributed by atoms with van der Waals surface area (Å²) in [5.74, 6) is 1.75. The van der Waals surface area contributed by atoms with E-state index in [1.54, 1.807) is 26.0 Å². The molecule has 0 spiro atoms. The molecule has 3 rings (SSSR count). The number of allylic oxidation sites excluding steroid dienone is 1. The highest BCUT2D eigenvalue weighted by Gasteiger charge is 2.10. The largest absolute Gasteiger partial charge is 0.497 e. The Balaban J connectivity index is 2.05. The smallest absolute Gasteiger partial charge is 0.120 e. The number of hydrogen-bond acceptors (Lipinski definition) is 3. The van der Waals surface area contributed by atoms with Gasteiger partial charge in [0.15, 0.2) is 0 Å². The summed E-state index contributed by atoms with van der Waals surface area (Å²) >= 11 is 1.74. The Kier molecular flexibility index (Phi) is 6.61. The maximum Gasteiger partial charge on any atom is 0.120 e. The Bertz CT molecular complexity index is 899. The molecular weight excluding hydrogens is 352 g/mol. The van der Waals surface area contributed by atoms with Crippen LogP contribution < -0.4 is 9.47 Å². The highest BCUT2D eigenvalue weighted by molar-refractivity contribution is 7.98. The van der Waals surface area contributed by atoms with Gasteiger partial charge in [0, 0.05) is 4.90 Å². The van der Waals surface area contributed by atoms with Gasteiger partial charge in [-0.15, -0.1) is 11.8 Å². The maximum absolute atomic E-state index is 5.41. The number of ether oxygens (including phenoxy) is 2. The molecule has 0 fully saturated rings. The van der Waals surface area contributed by atoms with Gasteiger partial charge in [0.2, 0.25) is 0 Å². The van der Waals surface area contributed by atoms with E-state index in [1.807, 2.05) is 18.2 Å². The second kappa shape index (κ2) is 9.33. The molecule has 0 bridgehead atoms. The van der Waals surface area contributed by atoms with Crippen LogP contribution in [0.15, 0.2) is 77.7 Å². The average Bonchev–Trinajstić information content (AvgIpc) is 2.74. The second-order valence-electron chi connectivity index (χ2n) is 6.17. The molecule has 0 aromatic heterocycles. The van der Waals surface area contributed by atoms with Gasteiger partial charge < -0.3 is 9.47 Å². The fourth-order valence-corrected chi connectivity index (χ4v) is 3.66. The van der Waals surface area contributed by atoms with E-state index < -0.39 is 0 Å². The molecule has 3 aromatic rings. The standard InChI is InChI=1S/C24H24O2S/c1-25-21-11-9-19(10-12-21)16-20(15-18-7-5-4-6-8-18)23-14-13-22(26-2)17-24(23)27-3/h4-14,16-17H,15H2,1-3H3. The van der Waals surface area contributed by atoms with Gasteiger partial charge in [-0.1, -0.05) is 48.5 Å². The monoisotopic (exact) mass is 376 g/mol. The van der Waals surface area contributed by atoms with E-state index in [9.17, 15) is 0 Å². The minimum atomic E-state index is 0.867. The van der Waals surface area contributed by atoms with Crippen molar-refractivity contribution in [3.05, 3.63) is 89.5 Å². The number of methoxy groups -OCH3 is 2. The average molecular weight is 377 g/mol. The van der Waals surface area contributed by atoms with E-state index in [0.717, 1.165) is 23.5 Å². The molecular formula is C24H24O2S. The van der Waals surface area contributed by atoms with E-state index in [4.69, 9.17) is 9.47 Å². The van der Waals surface area contributed by atoms with Gasteiger partial charge in [0.25, 0.3) is 0 Å². The zero-order chi connectivity index (χ0) is 19.1. The van der Waals surface area contributed by atoms with Gasteiger partial charge in [0.1, 0.15) is 11.5 Å². The fourth-order valence-electron chi connectivity index (χ4n) is 3.00. The van der Waals surface area contributed by atoms with E-state index in [1.165, 1.54) is 21.6 Å². The molecule has 0 aliphatic carbocycles. The van der Waals surface area contributed by atoms with Crippen LogP contribution in [0.25, 0.3) is 11.6 Å². The highest BCUT2D eigenvalue weighted by atomic mass is 32.2. The summed E-state index contributed by atoms with van der Waals surface area (Å²) < 4.78 is 10.7. The normalized spacial score (nSPS) is 11.3. The molecule has 0 saturated heterocycles. The fraction of sp³-hybridized carbons (Fsp3) is 0.167. The topological polar surface area (TPSA) is 18.5 Å². The second-order valence-corrected chi connectivity index (χ2v) is 7.02. The maximum atomic E-state index is 5.41. The first kappa shape index (κ1) is 19.1. The lowest BCUT2D eigenvalue weighted by atomic mass is 9.96. The van der Waals surface area contributed by atoms with Crippen molar-refractivity contribution in [1.82, 2.24) is 0 Å². The van der Waals surface area contributed by atoms with Crippen molar-refractivity contribution in [3.8, 4) is 11.5 Å². The predicted molar refractivity (Wildman–Crippen MR) is 116 cm³/mol. The summed E-state index contributed by atoms with van der Waals surface area (Å²) in [5, 5.41) is 0. The molecule has 3 heteroatoms. The molecule has 0 heterocycles. The van der Waals surface area contributed by atoms with Crippen molar-refractivity contribution in [3.63, 3.8) is 0 Å². The number of thioether (sulfide) groups is 1. The molecule has 2 nitrogen and oxygen atoms in total. The van der Waals surface area contributed by atoms with Gasteiger partial charge >= 0.3 is 0 Å². The third-order valence-electron chi connectivity index (χ3n) is 4.45. The third-order valence-corrected chi connectivity index (χ3v) is 5.23. The molecule has 0 aliphatic heterocycles. The molecule has 0 N–H and O–H groups in total.